The van der Waals surface area contributed by atoms with Crippen LogP contribution in [0, 0.1) is 6.92 Å². The van der Waals surface area contributed by atoms with Crippen molar-refractivity contribution in [3.63, 3.8) is 0 Å². The van der Waals surface area contributed by atoms with Gasteiger partial charge in [0.05, 0.1) is 5.69 Å². The van der Waals surface area contributed by atoms with E-state index in [4.69, 9.17) is 9.51 Å². The van der Waals surface area contributed by atoms with Gasteiger partial charge in [0.1, 0.15) is 17.0 Å². The Bertz CT molecular complexity index is 750. The summed E-state index contributed by atoms with van der Waals surface area (Å²) in [6.45, 7) is 7.97. The molecule has 1 amide bonds. The highest BCUT2D eigenvalue weighted by atomic mass is 16.5. The van der Waals surface area contributed by atoms with E-state index in [1.807, 2.05) is 13.8 Å². The summed E-state index contributed by atoms with van der Waals surface area (Å²) in [6.07, 6.45) is 6.66. The van der Waals surface area contributed by atoms with Gasteiger partial charge in [0.25, 0.3) is 5.71 Å². The molecule has 3 rings (SSSR count). The minimum absolute atomic E-state index is 0.0353. The maximum atomic E-state index is 12.1. The first-order chi connectivity index (χ1) is 12.6. The number of nitrogens with zero attached hydrogens (tertiary/aromatic N) is 4. The number of fused-ring (bicyclic) bond motifs is 1. The summed E-state index contributed by atoms with van der Waals surface area (Å²) in [7, 11) is 0. The number of rotatable bonds is 6. The Hall–Kier alpha value is -2.18. The largest absolute Gasteiger partial charge is 0.356 e. The highest BCUT2D eigenvalue weighted by Crippen LogP contribution is 2.29. The van der Waals surface area contributed by atoms with Crippen molar-refractivity contribution in [3.05, 3.63) is 11.5 Å². The molecule has 0 bridgehead atoms. The number of carbonyl (C=O) groups is 1. The van der Waals surface area contributed by atoms with Crippen molar-refractivity contribution in [3.8, 4) is 0 Å². The first-order valence-electron chi connectivity index (χ1n) is 9.75. The molecular weight excluding hydrogens is 330 g/mol. The fraction of sp³-hybridized carbons (Fsp3) is 0.684. The van der Waals surface area contributed by atoms with E-state index in [1.54, 1.807) is 0 Å². The Morgan fingerprint density at radius 2 is 1.96 bits per heavy atom. The van der Waals surface area contributed by atoms with E-state index in [0.29, 0.717) is 24.4 Å². The molecule has 1 fully saturated rings. The van der Waals surface area contributed by atoms with Crippen LogP contribution in [0.1, 0.15) is 63.9 Å². The summed E-state index contributed by atoms with van der Waals surface area (Å²) in [6, 6.07) is 0.190. The highest BCUT2D eigenvalue weighted by Gasteiger charge is 2.21. The third-order valence-electron chi connectivity index (χ3n) is 5.03. The van der Waals surface area contributed by atoms with Crippen molar-refractivity contribution in [2.45, 2.75) is 71.8 Å². The molecule has 0 spiro atoms. The molecule has 7 nitrogen and oxygen atoms in total. The first kappa shape index (κ1) is 18.6. The number of anilines is 1. The fourth-order valence-electron chi connectivity index (χ4n) is 3.31. The van der Waals surface area contributed by atoms with Gasteiger partial charge in [-0.2, -0.15) is 4.98 Å². The predicted molar refractivity (Wildman–Crippen MR) is 101 cm³/mol. The normalized spacial score (nSPS) is 16.5. The van der Waals surface area contributed by atoms with Crippen LogP contribution in [0.25, 0.3) is 11.1 Å². The molecule has 0 aromatic carbocycles. The van der Waals surface area contributed by atoms with Crippen LogP contribution in [0.3, 0.4) is 0 Å². The summed E-state index contributed by atoms with van der Waals surface area (Å²) in [5.74, 6) is 1.59. The smallest absolute Gasteiger partial charge is 0.263 e. The Morgan fingerprint density at radius 3 is 2.65 bits per heavy atom. The zero-order chi connectivity index (χ0) is 18.5. The minimum atomic E-state index is 0.0353. The van der Waals surface area contributed by atoms with Crippen molar-refractivity contribution in [1.29, 1.82) is 0 Å². The van der Waals surface area contributed by atoms with Gasteiger partial charge in [-0.1, -0.05) is 24.9 Å². The topological polar surface area (TPSA) is 84.2 Å². The maximum Gasteiger partial charge on any atom is 0.263 e. The van der Waals surface area contributed by atoms with Crippen LogP contribution in [-0.4, -0.2) is 40.2 Å². The van der Waals surface area contributed by atoms with E-state index < -0.39 is 0 Å². The van der Waals surface area contributed by atoms with Gasteiger partial charge in [-0.05, 0) is 33.1 Å². The van der Waals surface area contributed by atoms with E-state index in [0.717, 1.165) is 36.4 Å². The van der Waals surface area contributed by atoms with Crippen molar-refractivity contribution in [2.75, 3.05) is 18.0 Å². The average Bonchev–Trinajstić information content (AvgIpc) is 2.85. The molecule has 7 heteroatoms. The lowest BCUT2D eigenvalue weighted by atomic mass is 10.2. The molecule has 1 N–H and O–H groups in total. The van der Waals surface area contributed by atoms with Crippen LogP contribution < -0.4 is 10.2 Å². The highest BCUT2D eigenvalue weighted by molar-refractivity contribution is 5.88. The number of hydrogen-bond acceptors (Lipinski definition) is 6. The molecule has 2 aromatic rings. The Labute approximate surface area is 154 Å². The Kier molecular flexibility index (Phi) is 6.06. The average molecular weight is 359 g/mol. The van der Waals surface area contributed by atoms with Gasteiger partial charge in [0, 0.05) is 32.0 Å². The molecule has 1 unspecified atom stereocenters. The van der Waals surface area contributed by atoms with Gasteiger partial charge >= 0.3 is 0 Å². The number of amides is 1. The number of carbonyl (C=O) groups excluding carboxylic acids is 1. The Morgan fingerprint density at radius 1 is 1.23 bits per heavy atom. The van der Waals surface area contributed by atoms with E-state index in [1.165, 1.54) is 25.7 Å². The minimum Gasteiger partial charge on any atom is -0.356 e. The number of aryl methyl sites for hydroxylation is 2. The molecule has 2 aromatic heterocycles. The third-order valence-corrected chi connectivity index (χ3v) is 5.03. The lowest BCUT2D eigenvalue weighted by Gasteiger charge is -2.22. The van der Waals surface area contributed by atoms with Gasteiger partial charge in [0.2, 0.25) is 5.91 Å². The van der Waals surface area contributed by atoms with Crippen LogP contribution in [0.4, 0.5) is 5.82 Å². The van der Waals surface area contributed by atoms with Crippen molar-refractivity contribution < 1.29 is 9.32 Å². The number of aromatic nitrogens is 3. The summed E-state index contributed by atoms with van der Waals surface area (Å²) >= 11 is 0. The fourth-order valence-corrected chi connectivity index (χ4v) is 3.31. The van der Waals surface area contributed by atoms with Crippen molar-refractivity contribution >= 4 is 22.8 Å². The van der Waals surface area contributed by atoms with Crippen LogP contribution in [0.15, 0.2) is 4.52 Å². The Balaban J connectivity index is 1.82. The van der Waals surface area contributed by atoms with E-state index in [2.05, 4.69) is 27.3 Å². The van der Waals surface area contributed by atoms with Gasteiger partial charge in [-0.25, -0.2) is 4.98 Å². The summed E-state index contributed by atoms with van der Waals surface area (Å²) in [5, 5.41) is 7.97. The SMILES string of the molecule is CCC(C)NC(=O)CCc1nc(N2CCCCCC2)c2c(C)noc2n1. The second-order valence-corrected chi connectivity index (χ2v) is 7.19. The van der Waals surface area contributed by atoms with Gasteiger partial charge in [0.15, 0.2) is 0 Å². The van der Waals surface area contributed by atoms with E-state index in [9.17, 15) is 4.79 Å². The van der Waals surface area contributed by atoms with Crippen LogP contribution in [-0.2, 0) is 11.2 Å². The third kappa shape index (κ3) is 4.31. The molecule has 1 atom stereocenters. The lowest BCUT2D eigenvalue weighted by Crippen LogP contribution is -2.32. The molecule has 0 saturated carbocycles. The van der Waals surface area contributed by atoms with Gasteiger partial charge in [-0.15, -0.1) is 0 Å². The molecule has 3 heterocycles. The molecule has 1 saturated heterocycles. The molecule has 0 radical (unpaired) electrons. The standard InChI is InChI=1S/C19H29N5O2/c1-4-13(2)20-16(25)10-9-15-21-18(24-11-7-5-6-8-12-24)17-14(3)23-26-19(17)22-15/h13H,4-12H2,1-3H3,(H,20,25). The van der Waals surface area contributed by atoms with Crippen LogP contribution >= 0.6 is 0 Å². The monoisotopic (exact) mass is 359 g/mol. The van der Waals surface area contributed by atoms with Crippen molar-refractivity contribution in [1.82, 2.24) is 20.4 Å². The lowest BCUT2D eigenvalue weighted by molar-refractivity contribution is -0.121. The quantitative estimate of drug-likeness (QED) is 0.853. The van der Waals surface area contributed by atoms with Gasteiger partial charge < -0.3 is 14.7 Å². The molecule has 1 aliphatic heterocycles. The van der Waals surface area contributed by atoms with E-state index in [-0.39, 0.29) is 11.9 Å². The maximum absolute atomic E-state index is 12.1. The summed E-state index contributed by atoms with van der Waals surface area (Å²) in [4.78, 5) is 23.7. The zero-order valence-corrected chi connectivity index (χ0v) is 16.0. The number of hydrogen-bond donors (Lipinski definition) is 1. The summed E-state index contributed by atoms with van der Waals surface area (Å²) in [5.41, 5.74) is 1.34. The second-order valence-electron chi connectivity index (χ2n) is 7.19. The molecule has 1 aliphatic rings. The molecular formula is C19H29N5O2. The predicted octanol–water partition coefficient (Wildman–Crippen LogP) is 3.15. The van der Waals surface area contributed by atoms with Gasteiger partial charge in [-0.3, -0.25) is 4.79 Å². The number of nitrogens with one attached hydrogen (secondary N) is 1. The second kappa shape index (κ2) is 8.47. The molecule has 0 aliphatic carbocycles. The van der Waals surface area contributed by atoms with Crippen molar-refractivity contribution in [2.24, 2.45) is 0 Å². The first-order valence-corrected chi connectivity index (χ1v) is 9.75. The molecule has 26 heavy (non-hydrogen) atoms. The molecule has 142 valence electrons. The summed E-state index contributed by atoms with van der Waals surface area (Å²) < 4.78 is 5.41. The zero-order valence-electron chi connectivity index (χ0n) is 16.0. The van der Waals surface area contributed by atoms with E-state index >= 15 is 0 Å². The van der Waals surface area contributed by atoms with Crippen LogP contribution in [0.5, 0.6) is 0 Å². The van der Waals surface area contributed by atoms with Crippen LogP contribution in [0.2, 0.25) is 0 Å².